The van der Waals surface area contributed by atoms with Crippen LogP contribution < -0.4 is 10.1 Å². The van der Waals surface area contributed by atoms with Gasteiger partial charge in [0.1, 0.15) is 17.7 Å². The van der Waals surface area contributed by atoms with E-state index in [1.165, 1.54) is 12.1 Å². The minimum absolute atomic E-state index is 0.134. The summed E-state index contributed by atoms with van der Waals surface area (Å²) in [6.07, 6.45) is 0.922. The normalized spacial score (nSPS) is 16.4. The standard InChI is InChI=1S/C16H14FNO2/c1-10-8-12-9-11(6-7-15(12)20-10)16(19)18-14-5-3-2-4-13(14)17/h2-7,9-10H,8H2,1H3,(H,18,19). The second-order valence-electron chi connectivity index (χ2n) is 4.89. The van der Waals surface area contributed by atoms with Crippen molar-refractivity contribution in [1.29, 1.82) is 0 Å². The predicted molar refractivity (Wildman–Crippen MR) is 74.6 cm³/mol. The molecule has 0 aromatic heterocycles. The lowest BCUT2D eigenvalue weighted by Gasteiger charge is -2.07. The quantitative estimate of drug-likeness (QED) is 0.909. The molecule has 0 bridgehead atoms. The number of hydrogen-bond donors (Lipinski definition) is 1. The van der Waals surface area contributed by atoms with Crippen LogP contribution in [0.5, 0.6) is 5.75 Å². The van der Waals surface area contributed by atoms with Crippen molar-refractivity contribution < 1.29 is 13.9 Å². The fourth-order valence-electron chi connectivity index (χ4n) is 2.32. The lowest BCUT2D eigenvalue weighted by Crippen LogP contribution is -2.13. The Morgan fingerprint density at radius 2 is 2.10 bits per heavy atom. The van der Waals surface area contributed by atoms with E-state index < -0.39 is 5.82 Å². The molecule has 0 radical (unpaired) electrons. The van der Waals surface area contributed by atoms with E-state index in [0.29, 0.717) is 5.56 Å². The Kier molecular flexibility index (Phi) is 3.14. The van der Waals surface area contributed by atoms with E-state index in [4.69, 9.17) is 4.74 Å². The topological polar surface area (TPSA) is 38.3 Å². The monoisotopic (exact) mass is 271 g/mol. The van der Waals surface area contributed by atoms with E-state index in [9.17, 15) is 9.18 Å². The Labute approximate surface area is 116 Å². The molecule has 2 aromatic carbocycles. The van der Waals surface area contributed by atoms with Gasteiger partial charge in [-0.25, -0.2) is 4.39 Å². The Hall–Kier alpha value is -2.36. The van der Waals surface area contributed by atoms with Crippen LogP contribution in [0.3, 0.4) is 0 Å². The third-order valence-electron chi connectivity index (χ3n) is 3.28. The molecule has 1 unspecified atom stereocenters. The average Bonchev–Trinajstić information content (AvgIpc) is 2.80. The molecule has 0 spiro atoms. The number of anilines is 1. The van der Waals surface area contributed by atoms with Gasteiger partial charge in [0, 0.05) is 12.0 Å². The van der Waals surface area contributed by atoms with Gasteiger partial charge < -0.3 is 10.1 Å². The fourth-order valence-corrected chi connectivity index (χ4v) is 2.32. The molecule has 0 aliphatic carbocycles. The molecule has 1 amide bonds. The van der Waals surface area contributed by atoms with E-state index in [-0.39, 0.29) is 17.7 Å². The largest absolute Gasteiger partial charge is 0.490 e. The molecule has 4 heteroatoms. The van der Waals surface area contributed by atoms with Gasteiger partial charge in [-0.3, -0.25) is 4.79 Å². The number of amides is 1. The molecule has 1 aliphatic heterocycles. The van der Waals surface area contributed by atoms with Crippen molar-refractivity contribution in [3.8, 4) is 5.75 Å². The number of carbonyl (C=O) groups is 1. The van der Waals surface area contributed by atoms with Gasteiger partial charge in [-0.15, -0.1) is 0 Å². The zero-order chi connectivity index (χ0) is 14.1. The second kappa shape index (κ2) is 4.96. The molecule has 0 fully saturated rings. The number of nitrogens with one attached hydrogen (secondary N) is 1. The zero-order valence-corrected chi connectivity index (χ0v) is 11.0. The van der Waals surface area contributed by atoms with Crippen LogP contribution in [0.2, 0.25) is 0 Å². The van der Waals surface area contributed by atoms with E-state index >= 15 is 0 Å². The van der Waals surface area contributed by atoms with Gasteiger partial charge in [-0.05, 0) is 42.8 Å². The van der Waals surface area contributed by atoms with Gasteiger partial charge >= 0.3 is 0 Å². The number of ether oxygens (including phenoxy) is 1. The number of hydrogen-bond acceptors (Lipinski definition) is 2. The number of carbonyl (C=O) groups excluding carboxylic acids is 1. The highest BCUT2D eigenvalue weighted by molar-refractivity contribution is 6.04. The lowest BCUT2D eigenvalue weighted by atomic mass is 10.1. The van der Waals surface area contributed by atoms with Gasteiger partial charge in [-0.2, -0.15) is 0 Å². The summed E-state index contributed by atoms with van der Waals surface area (Å²) in [5.74, 6) is 0.0522. The summed E-state index contributed by atoms with van der Waals surface area (Å²) in [6.45, 7) is 1.99. The molecule has 3 rings (SSSR count). The molecule has 2 aromatic rings. The summed E-state index contributed by atoms with van der Waals surface area (Å²) in [7, 11) is 0. The molecule has 0 saturated carbocycles. The van der Waals surface area contributed by atoms with Crippen LogP contribution in [0.15, 0.2) is 42.5 Å². The summed E-state index contributed by atoms with van der Waals surface area (Å²) in [4.78, 5) is 12.1. The number of halogens is 1. The minimum atomic E-state index is -0.445. The third-order valence-corrected chi connectivity index (χ3v) is 3.28. The first-order chi connectivity index (χ1) is 9.63. The number of rotatable bonds is 2. The zero-order valence-electron chi connectivity index (χ0n) is 11.0. The van der Waals surface area contributed by atoms with E-state index in [1.54, 1.807) is 30.3 Å². The highest BCUT2D eigenvalue weighted by Crippen LogP contribution is 2.29. The number of benzene rings is 2. The van der Waals surface area contributed by atoms with Crippen molar-refractivity contribution in [2.24, 2.45) is 0 Å². The Morgan fingerprint density at radius 1 is 1.30 bits per heavy atom. The van der Waals surface area contributed by atoms with Crippen LogP contribution in [0.25, 0.3) is 0 Å². The van der Waals surface area contributed by atoms with E-state index in [1.807, 2.05) is 6.92 Å². The maximum absolute atomic E-state index is 13.5. The predicted octanol–water partition coefficient (Wildman–Crippen LogP) is 3.40. The molecule has 102 valence electrons. The molecule has 3 nitrogen and oxygen atoms in total. The van der Waals surface area contributed by atoms with Crippen molar-refractivity contribution >= 4 is 11.6 Å². The molecule has 1 N–H and O–H groups in total. The summed E-state index contributed by atoms with van der Waals surface area (Å²) in [5.41, 5.74) is 1.70. The Balaban J connectivity index is 1.82. The lowest BCUT2D eigenvalue weighted by molar-refractivity contribution is 0.102. The summed E-state index contributed by atoms with van der Waals surface area (Å²) in [6, 6.07) is 11.4. The summed E-state index contributed by atoms with van der Waals surface area (Å²) < 4.78 is 19.1. The minimum Gasteiger partial charge on any atom is -0.490 e. The van der Waals surface area contributed by atoms with Gasteiger partial charge in [0.15, 0.2) is 0 Å². The first-order valence-electron chi connectivity index (χ1n) is 6.49. The van der Waals surface area contributed by atoms with Crippen LogP contribution in [0, 0.1) is 5.82 Å². The second-order valence-corrected chi connectivity index (χ2v) is 4.89. The molecule has 1 heterocycles. The molecule has 20 heavy (non-hydrogen) atoms. The van der Waals surface area contributed by atoms with Crippen LogP contribution in [0.4, 0.5) is 10.1 Å². The van der Waals surface area contributed by atoms with E-state index in [0.717, 1.165) is 17.7 Å². The molecule has 1 atom stereocenters. The van der Waals surface area contributed by atoms with Gasteiger partial charge in [0.2, 0.25) is 0 Å². The number of fused-ring (bicyclic) bond motifs is 1. The maximum atomic E-state index is 13.5. The van der Waals surface area contributed by atoms with Crippen LogP contribution in [-0.2, 0) is 6.42 Å². The first-order valence-corrected chi connectivity index (χ1v) is 6.49. The van der Waals surface area contributed by atoms with Crippen LogP contribution >= 0.6 is 0 Å². The molecular formula is C16H14FNO2. The van der Waals surface area contributed by atoms with Crippen molar-refractivity contribution in [3.05, 3.63) is 59.4 Å². The molecular weight excluding hydrogens is 257 g/mol. The summed E-state index contributed by atoms with van der Waals surface area (Å²) >= 11 is 0. The van der Waals surface area contributed by atoms with E-state index in [2.05, 4.69) is 5.32 Å². The number of para-hydroxylation sites is 1. The van der Waals surface area contributed by atoms with Gasteiger partial charge in [0.25, 0.3) is 5.91 Å². The highest BCUT2D eigenvalue weighted by Gasteiger charge is 2.20. The third kappa shape index (κ3) is 2.37. The van der Waals surface area contributed by atoms with Crippen molar-refractivity contribution in [2.75, 3.05) is 5.32 Å². The van der Waals surface area contributed by atoms with Crippen LogP contribution in [0.1, 0.15) is 22.8 Å². The average molecular weight is 271 g/mol. The van der Waals surface area contributed by atoms with Crippen molar-refractivity contribution in [2.45, 2.75) is 19.4 Å². The van der Waals surface area contributed by atoms with Gasteiger partial charge in [0.05, 0.1) is 5.69 Å². The van der Waals surface area contributed by atoms with Crippen molar-refractivity contribution in [1.82, 2.24) is 0 Å². The summed E-state index contributed by atoms with van der Waals surface area (Å²) in [5, 5.41) is 2.57. The van der Waals surface area contributed by atoms with Crippen LogP contribution in [-0.4, -0.2) is 12.0 Å². The smallest absolute Gasteiger partial charge is 0.255 e. The molecule has 0 saturated heterocycles. The Bertz CT molecular complexity index is 669. The van der Waals surface area contributed by atoms with Crippen molar-refractivity contribution in [3.63, 3.8) is 0 Å². The SMILES string of the molecule is CC1Cc2cc(C(=O)Nc3ccccc3F)ccc2O1. The maximum Gasteiger partial charge on any atom is 0.255 e. The Morgan fingerprint density at radius 3 is 2.90 bits per heavy atom. The first kappa shape index (κ1) is 12.7. The van der Waals surface area contributed by atoms with Gasteiger partial charge in [-0.1, -0.05) is 12.1 Å². The highest BCUT2D eigenvalue weighted by atomic mass is 19.1. The molecule has 1 aliphatic rings. The fraction of sp³-hybridized carbons (Fsp3) is 0.188.